The van der Waals surface area contributed by atoms with E-state index in [0.717, 1.165) is 5.56 Å². The van der Waals surface area contributed by atoms with E-state index in [-0.39, 0.29) is 24.3 Å². The third-order valence-electron chi connectivity index (χ3n) is 3.35. The Kier molecular flexibility index (Phi) is 6.18. The summed E-state index contributed by atoms with van der Waals surface area (Å²) >= 11 is 6.04. The summed E-state index contributed by atoms with van der Waals surface area (Å²) in [4.78, 5) is 25.2. The van der Waals surface area contributed by atoms with Gasteiger partial charge in [0.2, 0.25) is 11.8 Å². The molecule has 1 rings (SSSR count). The van der Waals surface area contributed by atoms with Gasteiger partial charge >= 0.3 is 0 Å². The van der Waals surface area contributed by atoms with Crippen molar-refractivity contribution >= 4 is 29.1 Å². The molecule has 0 aliphatic heterocycles. The second-order valence-corrected chi connectivity index (χ2v) is 5.78. The number of likely N-dealkylation sites (N-methyl/N-ethyl adjacent to an activating group) is 1. The van der Waals surface area contributed by atoms with Crippen LogP contribution in [0.1, 0.15) is 19.4 Å². The Labute approximate surface area is 130 Å². The van der Waals surface area contributed by atoms with Crippen molar-refractivity contribution in [3.05, 3.63) is 28.8 Å². The monoisotopic (exact) mass is 311 g/mol. The smallest absolute Gasteiger partial charge is 0.246 e. The third kappa shape index (κ3) is 4.72. The summed E-state index contributed by atoms with van der Waals surface area (Å²) in [6.07, 6.45) is 0. The number of amides is 2. The first-order chi connectivity index (χ1) is 9.73. The molecule has 1 atom stereocenters. The van der Waals surface area contributed by atoms with Crippen molar-refractivity contribution in [1.82, 2.24) is 5.32 Å². The van der Waals surface area contributed by atoms with E-state index < -0.39 is 6.04 Å². The van der Waals surface area contributed by atoms with Crippen molar-refractivity contribution in [2.45, 2.75) is 26.8 Å². The fourth-order valence-electron chi connectivity index (χ4n) is 1.64. The molecular formula is C15H22ClN3O2. The van der Waals surface area contributed by atoms with Crippen LogP contribution >= 0.6 is 11.6 Å². The SMILES string of the molecule is Cc1ccc(N(C)C(=O)CNC(=O)[C@@H](N)C(C)C)cc1Cl. The zero-order valence-electron chi connectivity index (χ0n) is 12.8. The predicted octanol–water partition coefficient (Wildman–Crippen LogP) is 1.71. The molecule has 0 spiro atoms. The van der Waals surface area contributed by atoms with Crippen LogP contribution in [0, 0.1) is 12.8 Å². The van der Waals surface area contributed by atoms with Crippen LogP contribution in [0.15, 0.2) is 18.2 Å². The van der Waals surface area contributed by atoms with Gasteiger partial charge in [-0.2, -0.15) is 0 Å². The van der Waals surface area contributed by atoms with Crippen LogP contribution in [-0.2, 0) is 9.59 Å². The number of benzene rings is 1. The third-order valence-corrected chi connectivity index (χ3v) is 3.76. The Hall–Kier alpha value is -1.59. The molecule has 0 fully saturated rings. The van der Waals surface area contributed by atoms with Crippen LogP contribution in [0.3, 0.4) is 0 Å². The van der Waals surface area contributed by atoms with Crippen LogP contribution in [0.2, 0.25) is 5.02 Å². The first-order valence-electron chi connectivity index (χ1n) is 6.80. The van der Waals surface area contributed by atoms with E-state index in [0.29, 0.717) is 10.7 Å². The summed E-state index contributed by atoms with van der Waals surface area (Å²) in [7, 11) is 1.64. The summed E-state index contributed by atoms with van der Waals surface area (Å²) in [5.74, 6) is -0.540. The van der Waals surface area contributed by atoms with Gasteiger partial charge in [-0.05, 0) is 30.5 Å². The molecule has 2 amide bonds. The lowest BCUT2D eigenvalue weighted by atomic mass is 10.1. The van der Waals surface area contributed by atoms with Gasteiger partial charge in [-0.1, -0.05) is 31.5 Å². The van der Waals surface area contributed by atoms with Gasteiger partial charge in [-0.15, -0.1) is 0 Å². The Morgan fingerprint density at radius 2 is 2.00 bits per heavy atom. The highest BCUT2D eigenvalue weighted by Crippen LogP contribution is 2.22. The highest BCUT2D eigenvalue weighted by atomic mass is 35.5. The number of carbonyl (C=O) groups is 2. The zero-order chi connectivity index (χ0) is 16.2. The normalized spacial score (nSPS) is 12.1. The Morgan fingerprint density at radius 3 is 2.52 bits per heavy atom. The summed E-state index contributed by atoms with van der Waals surface area (Å²) in [5.41, 5.74) is 7.34. The van der Waals surface area contributed by atoms with Crippen LogP contribution in [0.4, 0.5) is 5.69 Å². The minimum absolute atomic E-state index is 0.0220. The Morgan fingerprint density at radius 1 is 1.38 bits per heavy atom. The average molecular weight is 312 g/mol. The standard InChI is InChI=1S/C15H22ClN3O2/c1-9(2)14(17)15(21)18-8-13(20)19(4)11-6-5-10(3)12(16)7-11/h5-7,9,14H,8,17H2,1-4H3,(H,18,21)/t14-/m0/s1. The fourth-order valence-corrected chi connectivity index (χ4v) is 1.81. The van der Waals surface area contributed by atoms with E-state index in [2.05, 4.69) is 5.32 Å². The molecule has 0 bridgehead atoms. The maximum Gasteiger partial charge on any atom is 0.246 e. The number of hydrogen-bond donors (Lipinski definition) is 2. The van der Waals surface area contributed by atoms with Gasteiger partial charge in [-0.25, -0.2) is 0 Å². The quantitative estimate of drug-likeness (QED) is 0.869. The van der Waals surface area contributed by atoms with E-state index in [1.807, 2.05) is 26.8 Å². The maximum absolute atomic E-state index is 12.1. The van der Waals surface area contributed by atoms with Gasteiger partial charge in [-0.3, -0.25) is 9.59 Å². The van der Waals surface area contributed by atoms with Crippen molar-refractivity contribution in [2.75, 3.05) is 18.5 Å². The van der Waals surface area contributed by atoms with Crippen LogP contribution < -0.4 is 16.0 Å². The van der Waals surface area contributed by atoms with Gasteiger partial charge in [0, 0.05) is 17.8 Å². The second-order valence-electron chi connectivity index (χ2n) is 5.37. The number of nitrogens with zero attached hydrogens (tertiary/aromatic N) is 1. The Bertz CT molecular complexity index is 532. The highest BCUT2D eigenvalue weighted by Gasteiger charge is 2.19. The van der Waals surface area contributed by atoms with Crippen LogP contribution in [0.5, 0.6) is 0 Å². The minimum Gasteiger partial charge on any atom is -0.346 e. The number of nitrogens with two attached hydrogens (primary N) is 1. The van der Waals surface area contributed by atoms with Crippen molar-refractivity contribution in [3.8, 4) is 0 Å². The van der Waals surface area contributed by atoms with Crippen LogP contribution in [-0.4, -0.2) is 31.4 Å². The lowest BCUT2D eigenvalue weighted by Gasteiger charge is -2.20. The highest BCUT2D eigenvalue weighted by molar-refractivity contribution is 6.31. The van der Waals surface area contributed by atoms with E-state index in [1.54, 1.807) is 19.2 Å². The summed E-state index contributed by atoms with van der Waals surface area (Å²) in [5, 5.41) is 3.15. The molecule has 0 saturated heterocycles. The zero-order valence-corrected chi connectivity index (χ0v) is 13.6. The van der Waals surface area contributed by atoms with Gasteiger partial charge in [0.15, 0.2) is 0 Å². The summed E-state index contributed by atoms with van der Waals surface area (Å²) in [6.45, 7) is 5.50. The van der Waals surface area contributed by atoms with E-state index in [9.17, 15) is 9.59 Å². The van der Waals surface area contributed by atoms with Gasteiger partial charge in [0.1, 0.15) is 0 Å². The van der Waals surface area contributed by atoms with Gasteiger partial charge in [0.05, 0.1) is 12.6 Å². The lowest BCUT2D eigenvalue weighted by molar-refractivity contribution is -0.126. The number of nitrogens with one attached hydrogen (secondary N) is 1. The van der Waals surface area contributed by atoms with Gasteiger partial charge < -0.3 is 16.0 Å². The molecule has 21 heavy (non-hydrogen) atoms. The molecule has 0 aromatic heterocycles. The van der Waals surface area contributed by atoms with E-state index in [4.69, 9.17) is 17.3 Å². The molecule has 0 heterocycles. The number of aryl methyl sites for hydroxylation is 1. The fraction of sp³-hybridized carbons (Fsp3) is 0.467. The lowest BCUT2D eigenvalue weighted by Crippen LogP contribution is -2.47. The number of anilines is 1. The summed E-state index contributed by atoms with van der Waals surface area (Å²) in [6, 6.07) is 4.75. The molecule has 0 saturated carbocycles. The Balaban J connectivity index is 2.63. The molecule has 1 aromatic rings. The number of halogens is 1. The molecule has 0 radical (unpaired) electrons. The minimum atomic E-state index is -0.614. The van der Waals surface area contributed by atoms with E-state index >= 15 is 0 Å². The largest absolute Gasteiger partial charge is 0.346 e. The molecule has 1 aromatic carbocycles. The topological polar surface area (TPSA) is 75.4 Å². The molecular weight excluding hydrogens is 290 g/mol. The molecule has 0 aliphatic rings. The van der Waals surface area contributed by atoms with Crippen molar-refractivity contribution in [1.29, 1.82) is 0 Å². The molecule has 5 nitrogen and oxygen atoms in total. The van der Waals surface area contributed by atoms with Crippen molar-refractivity contribution in [2.24, 2.45) is 11.7 Å². The molecule has 3 N–H and O–H groups in total. The molecule has 0 unspecified atom stereocenters. The van der Waals surface area contributed by atoms with Crippen molar-refractivity contribution < 1.29 is 9.59 Å². The predicted molar refractivity (Wildman–Crippen MR) is 85.4 cm³/mol. The number of carbonyl (C=O) groups excluding carboxylic acids is 2. The van der Waals surface area contributed by atoms with E-state index in [1.165, 1.54) is 4.90 Å². The molecule has 0 aliphatic carbocycles. The molecule has 116 valence electrons. The first kappa shape index (κ1) is 17.5. The van der Waals surface area contributed by atoms with Crippen LogP contribution in [0.25, 0.3) is 0 Å². The number of rotatable bonds is 5. The van der Waals surface area contributed by atoms with Crippen molar-refractivity contribution in [3.63, 3.8) is 0 Å². The van der Waals surface area contributed by atoms with Gasteiger partial charge in [0.25, 0.3) is 0 Å². The average Bonchev–Trinajstić information content (AvgIpc) is 2.45. The summed E-state index contributed by atoms with van der Waals surface area (Å²) < 4.78 is 0. The number of hydrogen-bond acceptors (Lipinski definition) is 3. The second kappa shape index (κ2) is 7.43. The maximum atomic E-state index is 12.1. The molecule has 6 heteroatoms. The first-order valence-corrected chi connectivity index (χ1v) is 7.17.